The van der Waals surface area contributed by atoms with Crippen LogP contribution in [0.15, 0.2) is 42.0 Å². The van der Waals surface area contributed by atoms with Gasteiger partial charge in [-0.3, -0.25) is 14.9 Å². The maximum Gasteiger partial charge on any atom is 0.335 e. The molecule has 0 spiro atoms. The molecular weight excluding hydrogens is 494 g/mol. The number of phenols is 1. The molecule has 1 saturated heterocycles. The molecule has 132 valence electrons. The molecule has 1 heterocycles. The van der Waals surface area contributed by atoms with E-state index in [1.807, 2.05) is 22.6 Å². The summed E-state index contributed by atoms with van der Waals surface area (Å²) >= 11 is 13.7. The third-order valence-corrected chi connectivity index (χ3v) is 5.15. The molecule has 0 atom stereocenters. The number of hydrogen-bond donors (Lipinski definition) is 2. The number of anilines is 1. The molecule has 0 aliphatic carbocycles. The summed E-state index contributed by atoms with van der Waals surface area (Å²) in [5.41, 5.74) is 0.479. The van der Waals surface area contributed by atoms with Crippen molar-refractivity contribution in [2.45, 2.75) is 0 Å². The third kappa shape index (κ3) is 3.55. The number of halogens is 3. The average Bonchev–Trinajstić information content (AvgIpc) is 2.57. The summed E-state index contributed by atoms with van der Waals surface area (Å²) in [7, 11) is 0. The number of hydrogen-bond acceptors (Lipinski definition) is 4. The van der Waals surface area contributed by atoms with Gasteiger partial charge < -0.3 is 5.11 Å². The van der Waals surface area contributed by atoms with E-state index in [0.717, 1.165) is 4.90 Å². The normalized spacial score (nSPS) is 16.2. The van der Waals surface area contributed by atoms with Gasteiger partial charge in [-0.15, -0.1) is 0 Å². The lowest BCUT2D eigenvalue weighted by Gasteiger charge is -2.26. The summed E-state index contributed by atoms with van der Waals surface area (Å²) in [6.45, 7) is 0. The van der Waals surface area contributed by atoms with E-state index in [4.69, 9.17) is 23.2 Å². The van der Waals surface area contributed by atoms with Crippen LogP contribution in [0, 0.1) is 3.57 Å². The number of aromatic hydroxyl groups is 1. The second-order valence-electron chi connectivity index (χ2n) is 5.27. The largest absolute Gasteiger partial charge is 0.507 e. The van der Waals surface area contributed by atoms with E-state index in [-0.39, 0.29) is 27.1 Å². The minimum Gasteiger partial charge on any atom is -0.507 e. The first-order valence-electron chi connectivity index (χ1n) is 7.13. The van der Waals surface area contributed by atoms with Crippen LogP contribution in [0.5, 0.6) is 5.75 Å². The second kappa shape index (κ2) is 7.26. The van der Waals surface area contributed by atoms with Crippen LogP contribution in [0.3, 0.4) is 0 Å². The molecule has 1 aliphatic heterocycles. The highest BCUT2D eigenvalue weighted by atomic mass is 127. The fraction of sp³-hybridized carbons (Fsp3) is 0. The van der Waals surface area contributed by atoms with Crippen molar-refractivity contribution < 1.29 is 19.5 Å². The Labute approximate surface area is 171 Å². The lowest BCUT2D eigenvalue weighted by atomic mass is 10.1. The number of rotatable bonds is 2. The predicted molar refractivity (Wildman–Crippen MR) is 106 cm³/mol. The Bertz CT molecular complexity index is 991. The quantitative estimate of drug-likeness (QED) is 0.369. The van der Waals surface area contributed by atoms with Crippen molar-refractivity contribution in [1.82, 2.24) is 5.32 Å². The molecule has 26 heavy (non-hydrogen) atoms. The molecule has 2 aromatic carbocycles. The van der Waals surface area contributed by atoms with Crippen molar-refractivity contribution in [2.24, 2.45) is 0 Å². The fourth-order valence-electron chi connectivity index (χ4n) is 2.30. The Morgan fingerprint density at radius 1 is 1.04 bits per heavy atom. The van der Waals surface area contributed by atoms with Gasteiger partial charge in [0.1, 0.15) is 11.3 Å². The van der Waals surface area contributed by atoms with Gasteiger partial charge >= 0.3 is 6.03 Å². The van der Waals surface area contributed by atoms with Crippen LogP contribution in [-0.4, -0.2) is 23.0 Å². The first-order valence-corrected chi connectivity index (χ1v) is 8.96. The molecule has 1 fully saturated rings. The smallest absolute Gasteiger partial charge is 0.335 e. The number of urea groups is 1. The number of carbonyl (C=O) groups excluding carboxylic acids is 3. The van der Waals surface area contributed by atoms with E-state index >= 15 is 0 Å². The van der Waals surface area contributed by atoms with E-state index in [1.165, 1.54) is 30.3 Å². The summed E-state index contributed by atoms with van der Waals surface area (Å²) in [4.78, 5) is 37.8. The van der Waals surface area contributed by atoms with Crippen LogP contribution in [0.4, 0.5) is 10.5 Å². The summed E-state index contributed by atoms with van der Waals surface area (Å²) in [6.07, 6.45) is 1.34. The molecule has 0 radical (unpaired) electrons. The number of barbiturate groups is 1. The van der Waals surface area contributed by atoms with Crippen molar-refractivity contribution in [3.05, 3.63) is 61.2 Å². The van der Waals surface area contributed by atoms with Crippen molar-refractivity contribution in [3.8, 4) is 5.75 Å². The lowest BCUT2D eigenvalue weighted by Crippen LogP contribution is -2.54. The monoisotopic (exact) mass is 502 g/mol. The topological polar surface area (TPSA) is 86.7 Å². The number of nitrogens with one attached hydrogen (secondary N) is 1. The number of amides is 4. The number of carbonyl (C=O) groups is 3. The van der Waals surface area contributed by atoms with Gasteiger partial charge in [0, 0.05) is 0 Å². The van der Waals surface area contributed by atoms with Gasteiger partial charge in [-0.25, -0.2) is 9.69 Å². The maximum atomic E-state index is 12.7. The Morgan fingerprint density at radius 2 is 1.77 bits per heavy atom. The van der Waals surface area contributed by atoms with E-state index in [9.17, 15) is 19.5 Å². The Morgan fingerprint density at radius 3 is 2.42 bits per heavy atom. The standard InChI is InChI=1S/C17H9Cl2IN2O4/c18-11-3-2-9(7-12(11)19)22-16(25)10(15(24)21-17(22)26)5-8-1-4-14(23)13(20)6-8/h1-7,23H,(H,21,24,26)/b10-5+. The summed E-state index contributed by atoms with van der Waals surface area (Å²) in [6, 6.07) is 7.97. The highest BCUT2D eigenvalue weighted by Gasteiger charge is 2.37. The Hall–Kier alpha value is -2.10. The Kier molecular flexibility index (Phi) is 5.22. The van der Waals surface area contributed by atoms with Crippen molar-refractivity contribution >= 4 is 75.4 Å². The van der Waals surface area contributed by atoms with Gasteiger partial charge in [-0.05, 0) is 64.6 Å². The molecule has 0 aromatic heterocycles. The molecule has 0 bridgehead atoms. The lowest BCUT2D eigenvalue weighted by molar-refractivity contribution is -0.122. The molecule has 9 heteroatoms. The van der Waals surface area contributed by atoms with E-state index in [2.05, 4.69) is 5.32 Å². The average molecular weight is 503 g/mol. The van der Waals surface area contributed by atoms with Crippen molar-refractivity contribution in [1.29, 1.82) is 0 Å². The zero-order valence-electron chi connectivity index (χ0n) is 12.8. The van der Waals surface area contributed by atoms with Gasteiger partial charge in [0.05, 0.1) is 19.3 Å². The molecule has 2 N–H and O–H groups in total. The number of imide groups is 2. The van der Waals surface area contributed by atoms with E-state index in [0.29, 0.717) is 9.13 Å². The molecule has 0 unspecified atom stereocenters. The van der Waals surface area contributed by atoms with Gasteiger partial charge in [-0.1, -0.05) is 29.3 Å². The maximum absolute atomic E-state index is 12.7. The zero-order valence-corrected chi connectivity index (χ0v) is 16.5. The SMILES string of the molecule is O=C1NC(=O)N(c2ccc(Cl)c(Cl)c2)C(=O)/C1=C/c1ccc(O)c(I)c1. The summed E-state index contributed by atoms with van der Waals surface area (Å²) in [5, 5.41) is 12.1. The van der Waals surface area contributed by atoms with E-state index < -0.39 is 17.8 Å². The summed E-state index contributed by atoms with van der Waals surface area (Å²) in [5.74, 6) is -1.51. The summed E-state index contributed by atoms with van der Waals surface area (Å²) < 4.78 is 0.554. The minimum absolute atomic E-state index is 0.0831. The van der Waals surface area contributed by atoms with Crippen LogP contribution in [0.2, 0.25) is 10.0 Å². The molecule has 2 aromatic rings. The molecule has 6 nitrogen and oxygen atoms in total. The first kappa shape index (κ1) is 18.7. The molecule has 0 saturated carbocycles. The number of benzene rings is 2. The second-order valence-corrected chi connectivity index (χ2v) is 7.24. The molecular formula is C17H9Cl2IN2O4. The zero-order chi connectivity index (χ0) is 19.0. The van der Waals surface area contributed by atoms with Gasteiger partial charge in [0.15, 0.2) is 0 Å². The predicted octanol–water partition coefficient (Wildman–Crippen LogP) is 3.97. The highest BCUT2D eigenvalue weighted by Crippen LogP contribution is 2.29. The fourth-order valence-corrected chi connectivity index (χ4v) is 3.13. The van der Waals surface area contributed by atoms with Crippen LogP contribution in [0.25, 0.3) is 6.08 Å². The number of phenolic OH excluding ortho intramolecular Hbond substituents is 1. The number of nitrogens with zero attached hydrogens (tertiary/aromatic N) is 1. The van der Waals surface area contributed by atoms with E-state index in [1.54, 1.807) is 12.1 Å². The highest BCUT2D eigenvalue weighted by molar-refractivity contribution is 14.1. The molecule has 3 rings (SSSR count). The molecule has 4 amide bonds. The molecule has 1 aliphatic rings. The Balaban J connectivity index is 2.03. The van der Waals surface area contributed by atoms with Crippen molar-refractivity contribution in [2.75, 3.05) is 4.90 Å². The first-order chi connectivity index (χ1) is 12.3. The van der Waals surface area contributed by atoms with Gasteiger partial charge in [0.2, 0.25) is 0 Å². The van der Waals surface area contributed by atoms with Gasteiger partial charge in [-0.2, -0.15) is 0 Å². The van der Waals surface area contributed by atoms with Crippen LogP contribution < -0.4 is 10.2 Å². The third-order valence-electron chi connectivity index (χ3n) is 3.55. The van der Waals surface area contributed by atoms with Crippen molar-refractivity contribution in [3.63, 3.8) is 0 Å². The van der Waals surface area contributed by atoms with Crippen LogP contribution >= 0.6 is 45.8 Å². The van der Waals surface area contributed by atoms with Gasteiger partial charge in [0.25, 0.3) is 11.8 Å². The minimum atomic E-state index is -0.879. The van der Waals surface area contributed by atoms with Crippen LogP contribution in [0.1, 0.15) is 5.56 Å². The van der Waals surface area contributed by atoms with Crippen LogP contribution in [-0.2, 0) is 9.59 Å².